The van der Waals surface area contributed by atoms with Gasteiger partial charge in [-0.15, -0.1) is 11.3 Å². The Labute approximate surface area is 301 Å². The Kier molecular flexibility index (Phi) is 8.14. The number of likely N-dealkylation sites (tertiary alicyclic amines) is 1. The number of halogens is 2. The van der Waals surface area contributed by atoms with Crippen molar-refractivity contribution in [2.75, 3.05) is 12.5 Å². The summed E-state index contributed by atoms with van der Waals surface area (Å²) in [5, 5.41) is 13.5. The smallest absolute Gasteiger partial charge is 0.260 e. The maximum absolute atomic E-state index is 15.2. The molecule has 10 nitrogen and oxygen atoms in total. The molecule has 13 heteroatoms. The van der Waals surface area contributed by atoms with Crippen LogP contribution in [0.3, 0.4) is 0 Å². The van der Waals surface area contributed by atoms with Crippen molar-refractivity contribution in [3.63, 3.8) is 0 Å². The van der Waals surface area contributed by atoms with E-state index in [1.807, 2.05) is 23.6 Å². The minimum absolute atomic E-state index is 0.131. The van der Waals surface area contributed by atoms with Crippen LogP contribution in [0.1, 0.15) is 40.7 Å². The van der Waals surface area contributed by atoms with Crippen LogP contribution in [0.2, 0.25) is 10.0 Å². The maximum atomic E-state index is 15.2. The molecule has 8 rings (SSSR count). The van der Waals surface area contributed by atoms with Gasteiger partial charge < -0.3 is 14.3 Å². The fraction of sp³-hybridized carbons (Fsp3) is 0.297. The highest BCUT2D eigenvalue weighted by Gasteiger charge is 2.71. The Morgan fingerprint density at radius 2 is 1.80 bits per heavy atom. The van der Waals surface area contributed by atoms with E-state index in [1.54, 1.807) is 55.6 Å². The molecule has 6 atom stereocenters. The number of carbonyl (C=O) groups excluding carboxylic acids is 4. The lowest BCUT2D eigenvalue weighted by molar-refractivity contribution is -0.141. The standard InChI is InChI=1S/C37H31Cl2N3O7S/c1-48-21-7-4-19(5-8-21)37-27(34(45)42(36(37)47)40-29-12-6-20(38)15-28(29)39)16-26-24(32(37)30-13-9-22(18-43)49-30)10-11-25-31(26)35(46)41(33(25)44)17-23-3-2-14-50-23/h2-10,12-15,25-27,31-32,40,43H,11,16-18H2,1H3. The number of amides is 4. The van der Waals surface area contributed by atoms with Crippen LogP contribution in [0, 0.1) is 23.7 Å². The lowest BCUT2D eigenvalue weighted by Crippen LogP contribution is -2.53. The number of ether oxygens (including phenoxy) is 1. The molecule has 4 amide bonds. The van der Waals surface area contributed by atoms with Gasteiger partial charge in [0.05, 0.1) is 48.0 Å². The van der Waals surface area contributed by atoms with Crippen molar-refractivity contribution in [1.82, 2.24) is 9.91 Å². The molecule has 2 aromatic carbocycles. The number of allylic oxidation sites excluding steroid dienone is 2. The minimum atomic E-state index is -1.54. The number of aliphatic hydroxyl groups is 1. The highest BCUT2D eigenvalue weighted by atomic mass is 35.5. The molecule has 0 spiro atoms. The minimum Gasteiger partial charge on any atom is -0.497 e. The second-order valence-electron chi connectivity index (χ2n) is 13.0. The van der Waals surface area contributed by atoms with Crippen LogP contribution in [0.15, 0.2) is 88.2 Å². The number of rotatable bonds is 8. The van der Waals surface area contributed by atoms with Gasteiger partial charge in [-0.25, -0.2) is 0 Å². The topological polar surface area (TPSA) is 129 Å². The van der Waals surface area contributed by atoms with Gasteiger partial charge in [-0.2, -0.15) is 5.01 Å². The Bertz CT molecular complexity index is 2060. The van der Waals surface area contributed by atoms with E-state index in [0.717, 1.165) is 15.5 Å². The SMILES string of the molecule is COc1ccc(C23C(=O)N(Nc4ccc(Cl)cc4Cl)C(=O)C2CC2C(=CCC4C(=O)N(Cc5cccs5)C(=O)C42)C3c2ccc(CO)o2)cc1. The first-order valence-electron chi connectivity index (χ1n) is 16.2. The Balaban J connectivity index is 1.30. The van der Waals surface area contributed by atoms with Gasteiger partial charge in [0.25, 0.3) is 11.8 Å². The van der Waals surface area contributed by atoms with E-state index >= 15 is 4.79 Å². The summed E-state index contributed by atoms with van der Waals surface area (Å²) in [6.07, 6.45) is 2.38. The summed E-state index contributed by atoms with van der Waals surface area (Å²) in [5.41, 5.74) is 3.04. The fourth-order valence-corrected chi connectivity index (χ4v) is 9.71. The Morgan fingerprint density at radius 3 is 2.48 bits per heavy atom. The van der Waals surface area contributed by atoms with Gasteiger partial charge in [-0.1, -0.05) is 53.1 Å². The van der Waals surface area contributed by atoms with E-state index in [4.69, 9.17) is 32.4 Å². The second-order valence-corrected chi connectivity index (χ2v) is 14.9. The highest BCUT2D eigenvalue weighted by Crippen LogP contribution is 2.64. The van der Waals surface area contributed by atoms with Gasteiger partial charge in [-0.05, 0) is 78.2 Å². The van der Waals surface area contributed by atoms with Crippen molar-refractivity contribution in [1.29, 1.82) is 0 Å². The zero-order valence-corrected chi connectivity index (χ0v) is 29.0. The summed E-state index contributed by atoms with van der Waals surface area (Å²) < 4.78 is 11.7. The van der Waals surface area contributed by atoms with Crippen LogP contribution in [-0.2, 0) is 37.7 Å². The number of benzene rings is 2. The van der Waals surface area contributed by atoms with Crippen molar-refractivity contribution in [2.24, 2.45) is 23.7 Å². The number of imide groups is 2. The molecule has 50 heavy (non-hydrogen) atoms. The van der Waals surface area contributed by atoms with Gasteiger partial charge in [0.15, 0.2) is 0 Å². The Hall–Kier alpha value is -4.42. The summed E-state index contributed by atoms with van der Waals surface area (Å²) in [6, 6.07) is 18.8. The third kappa shape index (κ3) is 4.85. The van der Waals surface area contributed by atoms with Gasteiger partial charge in [0, 0.05) is 9.90 Å². The van der Waals surface area contributed by atoms with Gasteiger partial charge >= 0.3 is 0 Å². The maximum Gasteiger partial charge on any atom is 0.260 e. The average molecular weight is 733 g/mol. The first kappa shape index (κ1) is 32.8. The van der Waals surface area contributed by atoms with E-state index in [9.17, 15) is 19.5 Å². The molecule has 4 aliphatic rings. The zero-order valence-electron chi connectivity index (χ0n) is 26.7. The number of anilines is 1. The van der Waals surface area contributed by atoms with Crippen LogP contribution in [0.5, 0.6) is 5.75 Å². The first-order chi connectivity index (χ1) is 24.2. The molecule has 4 heterocycles. The molecule has 2 aromatic heterocycles. The molecule has 2 saturated heterocycles. The van der Waals surface area contributed by atoms with E-state index < -0.39 is 46.8 Å². The fourth-order valence-electron chi connectivity index (χ4n) is 8.57. The van der Waals surface area contributed by atoms with Crippen LogP contribution in [0.4, 0.5) is 5.69 Å². The number of hydrogen-bond acceptors (Lipinski definition) is 9. The van der Waals surface area contributed by atoms with Crippen LogP contribution in [-0.4, -0.2) is 45.8 Å². The number of nitrogens with zero attached hydrogens (tertiary/aromatic N) is 2. The number of furan rings is 1. The monoisotopic (exact) mass is 731 g/mol. The van der Waals surface area contributed by atoms with E-state index in [1.165, 1.54) is 22.3 Å². The van der Waals surface area contributed by atoms with Crippen molar-refractivity contribution in [2.45, 2.75) is 37.3 Å². The van der Waals surface area contributed by atoms with E-state index in [0.29, 0.717) is 34.2 Å². The number of aliphatic hydroxyl groups excluding tert-OH is 1. The molecule has 0 radical (unpaired) electrons. The van der Waals surface area contributed by atoms with E-state index in [-0.39, 0.29) is 42.2 Å². The normalized spacial score (nSPS) is 27.3. The largest absolute Gasteiger partial charge is 0.497 e. The first-order valence-corrected chi connectivity index (χ1v) is 17.8. The molecule has 3 fully saturated rings. The quantitative estimate of drug-likeness (QED) is 0.159. The average Bonchev–Trinajstić information content (AvgIpc) is 3.91. The molecule has 256 valence electrons. The third-order valence-electron chi connectivity index (χ3n) is 10.7. The summed E-state index contributed by atoms with van der Waals surface area (Å²) in [5.74, 6) is -4.05. The number of fused-ring (bicyclic) bond motifs is 4. The highest BCUT2D eigenvalue weighted by molar-refractivity contribution is 7.09. The number of thiophene rings is 1. The molecule has 2 aliphatic heterocycles. The number of methoxy groups -OCH3 is 1. The molecular formula is C37H31Cl2N3O7S. The lowest BCUT2D eigenvalue weighted by atomic mass is 9.50. The van der Waals surface area contributed by atoms with Gasteiger partial charge in [0.1, 0.15) is 29.3 Å². The second kappa shape index (κ2) is 12.4. The molecule has 0 bridgehead atoms. The predicted octanol–water partition coefficient (Wildman–Crippen LogP) is 6.33. The third-order valence-corrected chi connectivity index (χ3v) is 12.1. The predicted molar refractivity (Wildman–Crippen MR) is 185 cm³/mol. The van der Waals surface area contributed by atoms with Crippen LogP contribution < -0.4 is 10.2 Å². The molecule has 2 aliphatic carbocycles. The van der Waals surface area contributed by atoms with E-state index in [2.05, 4.69) is 5.43 Å². The summed E-state index contributed by atoms with van der Waals surface area (Å²) in [6.45, 7) is -0.193. The number of nitrogens with one attached hydrogen (secondary N) is 1. The van der Waals surface area contributed by atoms with Crippen LogP contribution >= 0.6 is 34.5 Å². The van der Waals surface area contributed by atoms with Crippen molar-refractivity contribution in [3.05, 3.63) is 116 Å². The summed E-state index contributed by atoms with van der Waals surface area (Å²) in [4.78, 5) is 60.3. The van der Waals surface area contributed by atoms with Crippen molar-refractivity contribution >= 4 is 63.9 Å². The lowest BCUT2D eigenvalue weighted by Gasteiger charge is -2.49. The molecule has 1 saturated carbocycles. The van der Waals surface area contributed by atoms with Crippen LogP contribution in [0.25, 0.3) is 0 Å². The van der Waals surface area contributed by atoms with Crippen molar-refractivity contribution < 1.29 is 33.4 Å². The summed E-state index contributed by atoms with van der Waals surface area (Å²) >= 11 is 14.1. The van der Waals surface area contributed by atoms with Gasteiger partial charge in [0.2, 0.25) is 11.8 Å². The Morgan fingerprint density at radius 1 is 1.00 bits per heavy atom. The molecule has 4 aromatic rings. The number of hydrazine groups is 1. The summed E-state index contributed by atoms with van der Waals surface area (Å²) in [7, 11) is 1.54. The molecule has 2 N–H and O–H groups in total. The number of carbonyl (C=O) groups is 4. The molecular weight excluding hydrogens is 701 g/mol. The number of hydrogen-bond donors (Lipinski definition) is 2. The zero-order chi connectivity index (χ0) is 34.9. The molecule has 6 unspecified atom stereocenters. The van der Waals surface area contributed by atoms with Crippen molar-refractivity contribution in [3.8, 4) is 5.75 Å². The van der Waals surface area contributed by atoms with Gasteiger partial charge in [-0.3, -0.25) is 29.5 Å².